The number of halogens is 1. The number of nitrogens with zero attached hydrogens (tertiary/aromatic N) is 1. The minimum absolute atomic E-state index is 0.374. The molecule has 1 aliphatic rings. The number of carbonyl (C=O) groups excluding carboxylic acids is 2. The van der Waals surface area contributed by atoms with Crippen molar-refractivity contribution in [3.8, 4) is 0 Å². The van der Waals surface area contributed by atoms with Crippen LogP contribution in [-0.2, 0) is 14.3 Å². The summed E-state index contributed by atoms with van der Waals surface area (Å²) in [7, 11) is 0. The highest BCUT2D eigenvalue weighted by Gasteiger charge is 2.40. The van der Waals surface area contributed by atoms with E-state index in [-0.39, 0.29) is 6.42 Å². The molecule has 0 aromatic heterocycles. The third-order valence-electron chi connectivity index (χ3n) is 2.44. The Morgan fingerprint density at radius 2 is 2.12 bits per heavy atom. The first-order valence-corrected chi connectivity index (χ1v) is 4.68. The van der Waals surface area contributed by atoms with Gasteiger partial charge in [0.2, 0.25) is 0 Å². The normalized spacial score (nSPS) is 19.2. The molecule has 1 aromatic rings. The second-order valence-corrected chi connectivity index (χ2v) is 3.48. The van der Waals surface area contributed by atoms with Crippen LogP contribution in [0.25, 0.3) is 0 Å². The van der Waals surface area contributed by atoms with Crippen molar-refractivity contribution in [1.29, 1.82) is 0 Å². The van der Waals surface area contributed by atoms with E-state index < -0.39 is 39.8 Å². The average Bonchev–Trinajstić information content (AvgIpc) is 2.57. The lowest BCUT2D eigenvalue weighted by atomic mass is 9.95. The quantitative estimate of drug-likeness (QED) is 0.336. The fourth-order valence-electron chi connectivity index (χ4n) is 1.72. The first-order chi connectivity index (χ1) is 8.00. The molecule has 1 heterocycles. The van der Waals surface area contributed by atoms with E-state index in [9.17, 15) is 24.1 Å². The summed E-state index contributed by atoms with van der Waals surface area (Å²) in [5.41, 5.74) is -0.921. The van der Waals surface area contributed by atoms with E-state index in [2.05, 4.69) is 4.74 Å². The van der Waals surface area contributed by atoms with Crippen LogP contribution in [0.1, 0.15) is 17.9 Å². The molecule has 0 spiro atoms. The summed E-state index contributed by atoms with van der Waals surface area (Å²) in [6.07, 6.45) is -0.374. The van der Waals surface area contributed by atoms with Crippen LogP contribution in [0.2, 0.25) is 0 Å². The molecule has 1 aromatic carbocycles. The molecular weight excluding hydrogens is 233 g/mol. The number of hydrogen-bond donors (Lipinski definition) is 0. The van der Waals surface area contributed by atoms with Crippen molar-refractivity contribution in [3.63, 3.8) is 0 Å². The van der Waals surface area contributed by atoms with Gasteiger partial charge >= 0.3 is 11.9 Å². The number of nitro benzene ring substituents is 1. The fraction of sp³-hybridized carbons (Fsp3) is 0.200. The van der Waals surface area contributed by atoms with Gasteiger partial charge in [-0.3, -0.25) is 19.7 Å². The molecule has 1 fully saturated rings. The molecule has 1 saturated heterocycles. The molecule has 1 atom stereocenters. The van der Waals surface area contributed by atoms with Gasteiger partial charge in [0.1, 0.15) is 11.7 Å². The van der Waals surface area contributed by atoms with Crippen LogP contribution in [-0.4, -0.2) is 16.9 Å². The largest absolute Gasteiger partial charge is 0.393 e. The van der Waals surface area contributed by atoms with Crippen LogP contribution < -0.4 is 0 Å². The highest BCUT2D eigenvalue weighted by molar-refractivity contribution is 5.98. The molecule has 1 unspecified atom stereocenters. The highest BCUT2D eigenvalue weighted by Crippen LogP contribution is 2.35. The van der Waals surface area contributed by atoms with E-state index in [4.69, 9.17) is 0 Å². The van der Waals surface area contributed by atoms with Crippen LogP contribution in [0, 0.1) is 15.9 Å². The Hall–Kier alpha value is -2.31. The molecule has 88 valence electrons. The fourth-order valence-corrected chi connectivity index (χ4v) is 1.72. The first-order valence-electron chi connectivity index (χ1n) is 4.68. The van der Waals surface area contributed by atoms with Gasteiger partial charge in [-0.25, -0.2) is 4.39 Å². The standard InChI is InChI=1S/C10H6FNO5/c11-6-2-1-3-7(12(15)16)9(6)5-4-8(13)17-10(5)14/h1-3,5H,4H2. The molecule has 0 N–H and O–H groups in total. The number of esters is 2. The number of cyclic esters (lactones) is 2. The Bertz CT molecular complexity index is 527. The minimum Gasteiger partial charge on any atom is -0.393 e. The van der Waals surface area contributed by atoms with Gasteiger partial charge < -0.3 is 4.74 Å². The van der Waals surface area contributed by atoms with Gasteiger partial charge in [0.25, 0.3) is 5.69 Å². The molecule has 0 amide bonds. The second kappa shape index (κ2) is 3.93. The summed E-state index contributed by atoms with van der Waals surface area (Å²) in [5, 5.41) is 10.7. The molecule has 2 rings (SSSR count). The maximum Gasteiger partial charge on any atom is 0.322 e. The summed E-state index contributed by atoms with van der Waals surface area (Å²) in [5.74, 6) is -3.89. The SMILES string of the molecule is O=C1CC(c2c(F)cccc2[N+](=O)[O-])C(=O)O1. The van der Waals surface area contributed by atoms with Gasteiger partial charge in [0.15, 0.2) is 0 Å². The zero-order valence-corrected chi connectivity index (χ0v) is 8.38. The number of benzene rings is 1. The highest BCUT2D eigenvalue weighted by atomic mass is 19.1. The summed E-state index contributed by atoms with van der Waals surface area (Å²) in [6, 6.07) is 3.24. The predicted molar refractivity (Wildman–Crippen MR) is 51.5 cm³/mol. The maximum absolute atomic E-state index is 13.5. The van der Waals surface area contributed by atoms with Crippen LogP contribution in [0.5, 0.6) is 0 Å². The molecule has 1 aliphatic heterocycles. The van der Waals surface area contributed by atoms with Crippen LogP contribution in [0.15, 0.2) is 18.2 Å². The summed E-state index contributed by atoms with van der Waals surface area (Å²) >= 11 is 0. The van der Waals surface area contributed by atoms with Gasteiger partial charge in [0.05, 0.1) is 16.9 Å². The van der Waals surface area contributed by atoms with Crippen LogP contribution in [0.3, 0.4) is 0 Å². The summed E-state index contributed by atoms with van der Waals surface area (Å²) < 4.78 is 17.8. The molecule has 0 bridgehead atoms. The van der Waals surface area contributed by atoms with Crippen LogP contribution in [0.4, 0.5) is 10.1 Å². The number of nitro groups is 1. The lowest BCUT2D eigenvalue weighted by Crippen LogP contribution is -2.10. The maximum atomic E-state index is 13.5. The topological polar surface area (TPSA) is 86.5 Å². The Morgan fingerprint density at radius 1 is 1.41 bits per heavy atom. The van der Waals surface area contributed by atoms with Crippen molar-refractivity contribution in [3.05, 3.63) is 39.7 Å². The number of hydrogen-bond acceptors (Lipinski definition) is 5. The summed E-state index contributed by atoms with van der Waals surface area (Å²) in [6.45, 7) is 0. The molecule has 6 nitrogen and oxygen atoms in total. The smallest absolute Gasteiger partial charge is 0.322 e. The van der Waals surface area contributed by atoms with E-state index >= 15 is 0 Å². The van der Waals surface area contributed by atoms with Gasteiger partial charge in [0, 0.05) is 6.07 Å². The third kappa shape index (κ3) is 1.86. The van der Waals surface area contributed by atoms with Gasteiger partial charge in [-0.1, -0.05) is 6.07 Å². The zero-order valence-electron chi connectivity index (χ0n) is 8.38. The van der Waals surface area contributed by atoms with Gasteiger partial charge in [-0.05, 0) is 6.07 Å². The van der Waals surface area contributed by atoms with E-state index in [1.165, 1.54) is 6.07 Å². The van der Waals surface area contributed by atoms with E-state index in [1.807, 2.05) is 0 Å². The van der Waals surface area contributed by atoms with Crippen molar-refractivity contribution < 1.29 is 23.6 Å². The van der Waals surface area contributed by atoms with Crippen molar-refractivity contribution in [1.82, 2.24) is 0 Å². The number of ether oxygens (including phenoxy) is 1. The Labute approximate surface area is 94.1 Å². The van der Waals surface area contributed by atoms with Gasteiger partial charge in [-0.2, -0.15) is 0 Å². The first kappa shape index (κ1) is 11.2. The lowest BCUT2D eigenvalue weighted by molar-refractivity contribution is -0.385. The minimum atomic E-state index is -1.23. The van der Waals surface area contributed by atoms with Gasteiger partial charge in [-0.15, -0.1) is 0 Å². The van der Waals surface area contributed by atoms with Crippen molar-refractivity contribution in [2.45, 2.75) is 12.3 Å². The van der Waals surface area contributed by atoms with E-state index in [0.29, 0.717) is 0 Å². The monoisotopic (exact) mass is 239 g/mol. The molecule has 17 heavy (non-hydrogen) atoms. The summed E-state index contributed by atoms with van der Waals surface area (Å²) in [4.78, 5) is 32.1. The van der Waals surface area contributed by atoms with Crippen molar-refractivity contribution in [2.24, 2.45) is 0 Å². The number of rotatable bonds is 2. The van der Waals surface area contributed by atoms with E-state index in [0.717, 1.165) is 12.1 Å². The molecule has 0 radical (unpaired) electrons. The molecule has 0 saturated carbocycles. The molecular formula is C10H6FNO5. The Balaban J connectivity index is 2.54. The number of carbonyl (C=O) groups is 2. The second-order valence-electron chi connectivity index (χ2n) is 3.48. The molecule has 0 aliphatic carbocycles. The predicted octanol–water partition coefficient (Wildman–Crippen LogP) is 1.29. The van der Waals surface area contributed by atoms with Crippen LogP contribution >= 0.6 is 0 Å². The Morgan fingerprint density at radius 3 is 2.65 bits per heavy atom. The molecule has 7 heteroatoms. The average molecular weight is 239 g/mol. The van der Waals surface area contributed by atoms with Crippen molar-refractivity contribution in [2.75, 3.05) is 0 Å². The van der Waals surface area contributed by atoms with E-state index in [1.54, 1.807) is 0 Å². The van der Waals surface area contributed by atoms with Crippen molar-refractivity contribution >= 4 is 17.6 Å². The zero-order chi connectivity index (χ0) is 12.6. The lowest BCUT2D eigenvalue weighted by Gasteiger charge is -2.06. The Kier molecular flexibility index (Phi) is 2.58. The third-order valence-corrected chi connectivity index (χ3v) is 2.44.